The standard InChI is InChI=1S/C12H11N5O2/c13-11-8-6-7(3-4-9(8)15-16-11)17(14)12(18)10-2-1-5-19-10/h1-6H,14H2,(H3,13,15,16). The summed E-state index contributed by atoms with van der Waals surface area (Å²) in [5, 5.41) is 8.37. The Bertz CT molecular complexity index is 732. The van der Waals surface area contributed by atoms with Crippen LogP contribution in [0.1, 0.15) is 10.6 Å². The average molecular weight is 257 g/mol. The van der Waals surface area contributed by atoms with E-state index in [9.17, 15) is 4.79 Å². The number of hydrogen-bond donors (Lipinski definition) is 3. The fourth-order valence-electron chi connectivity index (χ4n) is 1.81. The number of hydrazine groups is 1. The molecule has 2 aromatic heterocycles. The topological polar surface area (TPSA) is 114 Å². The second kappa shape index (κ2) is 4.14. The largest absolute Gasteiger partial charge is 0.459 e. The van der Waals surface area contributed by atoms with Crippen LogP contribution in [0.15, 0.2) is 41.0 Å². The van der Waals surface area contributed by atoms with Crippen molar-refractivity contribution in [2.24, 2.45) is 5.84 Å². The van der Waals surface area contributed by atoms with Crippen molar-refractivity contribution in [2.45, 2.75) is 0 Å². The Morgan fingerprint density at radius 1 is 1.37 bits per heavy atom. The van der Waals surface area contributed by atoms with Gasteiger partial charge in [-0.25, -0.2) is 10.9 Å². The number of nitrogen functional groups attached to an aromatic ring is 1. The van der Waals surface area contributed by atoms with E-state index in [2.05, 4.69) is 10.2 Å². The normalized spacial score (nSPS) is 10.8. The molecule has 0 fully saturated rings. The number of nitrogens with zero attached hydrogens (tertiary/aromatic N) is 2. The molecule has 0 aliphatic carbocycles. The number of hydrogen-bond acceptors (Lipinski definition) is 5. The van der Waals surface area contributed by atoms with Gasteiger partial charge in [0.1, 0.15) is 0 Å². The molecule has 3 rings (SSSR count). The van der Waals surface area contributed by atoms with Crippen LogP contribution in [0.3, 0.4) is 0 Å². The Balaban J connectivity index is 1.99. The number of rotatable bonds is 2. The van der Waals surface area contributed by atoms with Crippen LogP contribution in [0.25, 0.3) is 10.9 Å². The average Bonchev–Trinajstić information content (AvgIpc) is 3.07. The van der Waals surface area contributed by atoms with Gasteiger partial charge in [-0.2, -0.15) is 5.10 Å². The summed E-state index contributed by atoms with van der Waals surface area (Å²) in [7, 11) is 0. The number of nitrogens with two attached hydrogens (primary N) is 2. The highest BCUT2D eigenvalue weighted by Crippen LogP contribution is 2.24. The zero-order valence-corrected chi connectivity index (χ0v) is 9.83. The van der Waals surface area contributed by atoms with Crippen LogP contribution in [0.5, 0.6) is 0 Å². The number of benzene rings is 1. The van der Waals surface area contributed by atoms with Crippen molar-refractivity contribution in [3.8, 4) is 0 Å². The number of H-pyrrole nitrogens is 1. The summed E-state index contributed by atoms with van der Waals surface area (Å²) >= 11 is 0. The summed E-state index contributed by atoms with van der Waals surface area (Å²) in [6.07, 6.45) is 1.42. The fourth-order valence-corrected chi connectivity index (χ4v) is 1.81. The third-order valence-corrected chi connectivity index (χ3v) is 2.80. The van der Waals surface area contributed by atoms with Crippen LogP contribution in [0.2, 0.25) is 0 Å². The maximum absolute atomic E-state index is 12.0. The molecule has 0 atom stereocenters. The molecule has 5 N–H and O–H groups in total. The van der Waals surface area contributed by atoms with Gasteiger partial charge < -0.3 is 10.2 Å². The molecule has 0 aliphatic rings. The molecule has 0 aliphatic heterocycles. The van der Waals surface area contributed by atoms with E-state index >= 15 is 0 Å². The molecule has 2 heterocycles. The predicted molar refractivity (Wildman–Crippen MR) is 70.2 cm³/mol. The molecule has 0 unspecified atom stereocenters. The van der Waals surface area contributed by atoms with Crippen molar-refractivity contribution in [3.05, 3.63) is 42.4 Å². The van der Waals surface area contributed by atoms with E-state index < -0.39 is 5.91 Å². The Morgan fingerprint density at radius 3 is 2.95 bits per heavy atom. The van der Waals surface area contributed by atoms with E-state index in [1.165, 1.54) is 6.26 Å². The molecule has 1 aromatic carbocycles. The van der Waals surface area contributed by atoms with Crippen molar-refractivity contribution >= 4 is 28.3 Å². The highest BCUT2D eigenvalue weighted by Gasteiger charge is 2.17. The molecule has 19 heavy (non-hydrogen) atoms. The van der Waals surface area contributed by atoms with Gasteiger partial charge >= 0.3 is 5.91 Å². The van der Waals surface area contributed by atoms with E-state index in [1.807, 2.05) is 0 Å². The van der Waals surface area contributed by atoms with Crippen molar-refractivity contribution < 1.29 is 9.21 Å². The Labute approximate surface area is 107 Å². The number of anilines is 2. The maximum Gasteiger partial charge on any atom is 0.308 e. The molecule has 7 nitrogen and oxygen atoms in total. The summed E-state index contributed by atoms with van der Waals surface area (Å²) < 4.78 is 5.02. The van der Waals surface area contributed by atoms with Crippen LogP contribution in [0.4, 0.5) is 11.5 Å². The van der Waals surface area contributed by atoms with Crippen molar-refractivity contribution in [1.29, 1.82) is 0 Å². The number of aromatic nitrogens is 2. The van der Waals surface area contributed by atoms with E-state index in [0.717, 1.165) is 10.5 Å². The van der Waals surface area contributed by atoms with Crippen molar-refractivity contribution in [3.63, 3.8) is 0 Å². The lowest BCUT2D eigenvalue weighted by atomic mass is 10.2. The lowest BCUT2D eigenvalue weighted by molar-refractivity contribution is 0.0960. The zero-order valence-electron chi connectivity index (χ0n) is 9.83. The molecular weight excluding hydrogens is 246 g/mol. The van der Waals surface area contributed by atoms with Crippen LogP contribution >= 0.6 is 0 Å². The lowest BCUT2D eigenvalue weighted by Gasteiger charge is -2.15. The number of aromatic amines is 1. The van der Waals surface area contributed by atoms with Gasteiger partial charge in [0.2, 0.25) is 0 Å². The second-order valence-electron chi connectivity index (χ2n) is 3.99. The van der Waals surface area contributed by atoms with E-state index in [0.29, 0.717) is 16.9 Å². The molecule has 3 aromatic rings. The first-order valence-electron chi connectivity index (χ1n) is 5.53. The van der Waals surface area contributed by atoms with E-state index in [1.54, 1.807) is 30.3 Å². The Hall–Kier alpha value is -2.80. The van der Waals surface area contributed by atoms with Gasteiger partial charge in [0.15, 0.2) is 11.6 Å². The van der Waals surface area contributed by atoms with Crippen molar-refractivity contribution in [1.82, 2.24) is 10.2 Å². The number of nitrogens with one attached hydrogen (secondary N) is 1. The quantitative estimate of drug-likeness (QED) is 0.363. The first-order chi connectivity index (χ1) is 9.16. The highest BCUT2D eigenvalue weighted by atomic mass is 16.3. The van der Waals surface area contributed by atoms with Gasteiger partial charge in [0.25, 0.3) is 0 Å². The van der Waals surface area contributed by atoms with Gasteiger partial charge in [-0.3, -0.25) is 9.89 Å². The second-order valence-corrected chi connectivity index (χ2v) is 3.99. The summed E-state index contributed by atoms with van der Waals surface area (Å²) in [5.74, 6) is 5.88. The Morgan fingerprint density at radius 2 is 2.21 bits per heavy atom. The summed E-state index contributed by atoms with van der Waals surface area (Å²) in [6, 6.07) is 8.31. The van der Waals surface area contributed by atoms with Crippen molar-refractivity contribution in [2.75, 3.05) is 10.7 Å². The van der Waals surface area contributed by atoms with Crippen LogP contribution in [-0.4, -0.2) is 16.1 Å². The van der Waals surface area contributed by atoms with Gasteiger partial charge in [0.05, 0.1) is 17.5 Å². The molecule has 0 radical (unpaired) electrons. The summed E-state index contributed by atoms with van der Waals surface area (Å²) in [5.41, 5.74) is 6.99. The SMILES string of the molecule is Nc1n[nH]c2ccc(N(N)C(=O)c3ccco3)cc12. The minimum absolute atomic E-state index is 0.169. The third-order valence-electron chi connectivity index (χ3n) is 2.80. The molecular formula is C12H11N5O2. The van der Waals surface area contributed by atoms with Crippen LogP contribution < -0.4 is 16.6 Å². The zero-order chi connectivity index (χ0) is 13.4. The number of furan rings is 1. The summed E-state index contributed by atoms with van der Waals surface area (Å²) in [6.45, 7) is 0. The smallest absolute Gasteiger partial charge is 0.308 e. The van der Waals surface area contributed by atoms with Gasteiger partial charge in [-0.1, -0.05) is 0 Å². The van der Waals surface area contributed by atoms with Crippen LogP contribution in [-0.2, 0) is 0 Å². The number of fused-ring (bicyclic) bond motifs is 1. The number of carbonyl (C=O) groups is 1. The van der Waals surface area contributed by atoms with Gasteiger partial charge in [0, 0.05) is 5.39 Å². The van der Waals surface area contributed by atoms with E-state index in [4.69, 9.17) is 16.0 Å². The fraction of sp³-hybridized carbons (Fsp3) is 0. The Kier molecular flexibility index (Phi) is 2.46. The predicted octanol–water partition coefficient (Wildman–Crippen LogP) is 1.26. The van der Waals surface area contributed by atoms with Crippen LogP contribution in [0, 0.1) is 0 Å². The highest BCUT2D eigenvalue weighted by molar-refractivity contribution is 6.04. The summed E-state index contributed by atoms with van der Waals surface area (Å²) in [4.78, 5) is 12.0. The monoisotopic (exact) mass is 257 g/mol. The van der Waals surface area contributed by atoms with E-state index in [-0.39, 0.29) is 5.76 Å². The minimum atomic E-state index is -0.439. The molecule has 0 saturated carbocycles. The van der Waals surface area contributed by atoms with Gasteiger partial charge in [-0.15, -0.1) is 0 Å². The lowest BCUT2D eigenvalue weighted by Crippen LogP contribution is -2.37. The maximum atomic E-state index is 12.0. The number of carbonyl (C=O) groups excluding carboxylic acids is 1. The first-order valence-corrected chi connectivity index (χ1v) is 5.53. The van der Waals surface area contributed by atoms with Gasteiger partial charge in [-0.05, 0) is 30.3 Å². The number of amides is 1. The minimum Gasteiger partial charge on any atom is -0.459 e. The molecule has 7 heteroatoms. The third kappa shape index (κ3) is 1.81. The molecule has 96 valence electrons. The first kappa shape index (κ1) is 11.3. The molecule has 0 spiro atoms. The molecule has 0 saturated heterocycles. The molecule has 0 bridgehead atoms. The molecule has 1 amide bonds.